The van der Waals surface area contributed by atoms with E-state index in [0.29, 0.717) is 30.0 Å². The molecular formula is C21H24N4O2S. The minimum absolute atomic E-state index is 0.0895. The number of carbonyl (C=O) groups excluding carboxylic acids is 2. The minimum atomic E-state index is -0.118. The smallest absolute Gasteiger partial charge is 0.261 e. The number of thiophene rings is 1. The van der Waals surface area contributed by atoms with Gasteiger partial charge in [0.1, 0.15) is 0 Å². The monoisotopic (exact) mass is 396 g/mol. The molecule has 0 unspecified atom stereocenters. The average molecular weight is 397 g/mol. The Bertz CT molecular complexity index is 827. The summed E-state index contributed by atoms with van der Waals surface area (Å²) in [6.07, 6.45) is 1.26. The van der Waals surface area contributed by atoms with Crippen LogP contribution in [0.3, 0.4) is 0 Å². The Morgan fingerprint density at radius 1 is 1.11 bits per heavy atom. The topological polar surface area (TPSA) is 76.4 Å². The van der Waals surface area contributed by atoms with Gasteiger partial charge in [-0.3, -0.25) is 14.5 Å². The quantitative estimate of drug-likeness (QED) is 0.814. The lowest BCUT2D eigenvalue weighted by molar-refractivity contribution is -0.130. The highest BCUT2D eigenvalue weighted by molar-refractivity contribution is 7.12. The zero-order chi connectivity index (χ0) is 19.8. The summed E-state index contributed by atoms with van der Waals surface area (Å²) in [6, 6.07) is 13.4. The van der Waals surface area contributed by atoms with Gasteiger partial charge in [-0.25, -0.2) is 0 Å². The number of nitriles is 1. The lowest BCUT2D eigenvalue weighted by atomic mass is 10.1. The third-order valence-corrected chi connectivity index (χ3v) is 5.67. The van der Waals surface area contributed by atoms with Crippen LogP contribution in [0.4, 0.5) is 0 Å². The molecule has 7 heteroatoms. The van der Waals surface area contributed by atoms with E-state index in [-0.39, 0.29) is 11.8 Å². The average Bonchev–Trinajstić information content (AvgIpc) is 3.16. The van der Waals surface area contributed by atoms with Crippen molar-refractivity contribution < 1.29 is 9.59 Å². The third kappa shape index (κ3) is 5.65. The number of nitrogens with zero attached hydrogens (tertiary/aromatic N) is 3. The predicted molar refractivity (Wildman–Crippen MR) is 109 cm³/mol. The highest BCUT2D eigenvalue weighted by Gasteiger charge is 2.19. The Labute approximate surface area is 169 Å². The number of nitrogens with one attached hydrogen (secondary N) is 1. The van der Waals surface area contributed by atoms with Gasteiger partial charge < -0.3 is 10.2 Å². The molecule has 28 heavy (non-hydrogen) atoms. The first-order valence-electron chi connectivity index (χ1n) is 9.46. The lowest BCUT2D eigenvalue weighted by Crippen LogP contribution is -2.37. The number of carbonyl (C=O) groups is 2. The van der Waals surface area contributed by atoms with Gasteiger partial charge in [-0.15, -0.1) is 11.3 Å². The van der Waals surface area contributed by atoms with Gasteiger partial charge in [-0.1, -0.05) is 18.2 Å². The second-order valence-electron chi connectivity index (χ2n) is 6.80. The first-order chi connectivity index (χ1) is 13.7. The van der Waals surface area contributed by atoms with Crippen molar-refractivity contribution in [2.45, 2.75) is 19.4 Å². The SMILES string of the molecule is N#Cc1ccc(CN2CCCN(C(=O)CCNC(=O)c3cccs3)CC2)cc1. The van der Waals surface area contributed by atoms with E-state index in [9.17, 15) is 9.59 Å². The van der Waals surface area contributed by atoms with Crippen LogP contribution >= 0.6 is 11.3 Å². The molecule has 1 aliphatic rings. The third-order valence-electron chi connectivity index (χ3n) is 4.80. The fourth-order valence-corrected chi connectivity index (χ4v) is 3.90. The number of amides is 2. The molecule has 2 amide bonds. The molecule has 2 aromatic rings. The van der Waals surface area contributed by atoms with Gasteiger partial charge in [-0.05, 0) is 35.6 Å². The Hall–Kier alpha value is -2.69. The van der Waals surface area contributed by atoms with Crippen LogP contribution in [-0.4, -0.2) is 54.3 Å². The lowest BCUT2D eigenvalue weighted by Gasteiger charge is -2.22. The van der Waals surface area contributed by atoms with Crippen LogP contribution in [0.1, 0.15) is 33.6 Å². The van der Waals surface area contributed by atoms with Crippen molar-refractivity contribution in [3.63, 3.8) is 0 Å². The van der Waals surface area contributed by atoms with E-state index in [4.69, 9.17) is 5.26 Å². The number of hydrogen-bond donors (Lipinski definition) is 1. The Kier molecular flexibility index (Phi) is 7.18. The van der Waals surface area contributed by atoms with Crippen molar-refractivity contribution in [2.75, 3.05) is 32.7 Å². The van der Waals surface area contributed by atoms with E-state index in [2.05, 4.69) is 16.3 Å². The Morgan fingerprint density at radius 2 is 1.93 bits per heavy atom. The fourth-order valence-electron chi connectivity index (χ4n) is 3.26. The summed E-state index contributed by atoms with van der Waals surface area (Å²) in [4.78, 5) is 29.3. The van der Waals surface area contributed by atoms with Crippen molar-refractivity contribution in [1.82, 2.24) is 15.1 Å². The summed E-state index contributed by atoms with van der Waals surface area (Å²) in [6.45, 7) is 4.41. The molecule has 1 aromatic carbocycles. The maximum Gasteiger partial charge on any atom is 0.261 e. The van der Waals surface area contributed by atoms with Crippen LogP contribution in [0.25, 0.3) is 0 Å². The highest BCUT2D eigenvalue weighted by Crippen LogP contribution is 2.11. The molecular weight excluding hydrogens is 372 g/mol. The van der Waals surface area contributed by atoms with E-state index in [1.165, 1.54) is 16.9 Å². The van der Waals surface area contributed by atoms with Crippen molar-refractivity contribution in [3.8, 4) is 6.07 Å². The molecule has 1 aromatic heterocycles. The molecule has 2 heterocycles. The first kappa shape index (κ1) is 20.1. The molecule has 0 atom stereocenters. The van der Waals surface area contributed by atoms with Crippen LogP contribution in [-0.2, 0) is 11.3 Å². The standard InChI is InChI=1S/C21H24N4O2S/c22-15-17-4-6-18(7-5-17)16-24-10-2-11-25(13-12-24)20(26)8-9-23-21(27)19-3-1-14-28-19/h1,3-7,14H,2,8-13,16H2,(H,23,27). The zero-order valence-corrected chi connectivity index (χ0v) is 16.6. The van der Waals surface area contributed by atoms with Crippen LogP contribution in [0.2, 0.25) is 0 Å². The van der Waals surface area contributed by atoms with Gasteiger partial charge in [0.2, 0.25) is 5.91 Å². The Morgan fingerprint density at radius 3 is 2.64 bits per heavy atom. The molecule has 0 bridgehead atoms. The van der Waals surface area contributed by atoms with Gasteiger partial charge in [0.05, 0.1) is 16.5 Å². The van der Waals surface area contributed by atoms with Gasteiger partial charge in [0.15, 0.2) is 0 Å². The van der Waals surface area contributed by atoms with Gasteiger partial charge in [0, 0.05) is 45.7 Å². The molecule has 3 rings (SSSR count). The van der Waals surface area contributed by atoms with Gasteiger partial charge in [0.25, 0.3) is 5.91 Å². The normalized spacial score (nSPS) is 14.9. The fraction of sp³-hybridized carbons (Fsp3) is 0.381. The molecule has 146 valence electrons. The maximum atomic E-state index is 12.5. The molecule has 0 saturated carbocycles. The van der Waals surface area contributed by atoms with Gasteiger partial charge >= 0.3 is 0 Å². The summed E-state index contributed by atoms with van der Waals surface area (Å²) in [5.74, 6) is -0.0287. The van der Waals surface area contributed by atoms with E-state index in [1.54, 1.807) is 6.07 Å². The molecule has 1 N–H and O–H groups in total. The maximum absolute atomic E-state index is 12.5. The molecule has 1 fully saturated rings. The largest absolute Gasteiger partial charge is 0.351 e. The molecule has 1 aliphatic heterocycles. The minimum Gasteiger partial charge on any atom is -0.351 e. The molecule has 0 spiro atoms. The number of benzene rings is 1. The second kappa shape index (κ2) is 10.0. The number of rotatable bonds is 6. The molecule has 0 aliphatic carbocycles. The van der Waals surface area contributed by atoms with Crippen molar-refractivity contribution in [1.29, 1.82) is 5.26 Å². The summed E-state index contributed by atoms with van der Waals surface area (Å²) in [5, 5.41) is 13.6. The Balaban J connectivity index is 1.41. The van der Waals surface area contributed by atoms with E-state index in [0.717, 1.165) is 32.6 Å². The van der Waals surface area contributed by atoms with Gasteiger partial charge in [-0.2, -0.15) is 5.26 Å². The van der Waals surface area contributed by atoms with E-state index in [1.807, 2.05) is 40.6 Å². The van der Waals surface area contributed by atoms with Crippen LogP contribution in [0, 0.1) is 11.3 Å². The van der Waals surface area contributed by atoms with Crippen molar-refractivity contribution in [2.24, 2.45) is 0 Å². The van der Waals surface area contributed by atoms with Crippen molar-refractivity contribution in [3.05, 3.63) is 57.8 Å². The zero-order valence-electron chi connectivity index (χ0n) is 15.8. The summed E-state index contributed by atoms with van der Waals surface area (Å²) in [7, 11) is 0. The number of hydrogen-bond acceptors (Lipinski definition) is 5. The van der Waals surface area contributed by atoms with Crippen LogP contribution in [0.15, 0.2) is 41.8 Å². The molecule has 0 radical (unpaired) electrons. The highest BCUT2D eigenvalue weighted by atomic mass is 32.1. The van der Waals surface area contributed by atoms with E-state index < -0.39 is 0 Å². The van der Waals surface area contributed by atoms with E-state index >= 15 is 0 Å². The van der Waals surface area contributed by atoms with Crippen LogP contribution in [0.5, 0.6) is 0 Å². The molecule has 1 saturated heterocycles. The summed E-state index contributed by atoms with van der Waals surface area (Å²) >= 11 is 1.39. The first-order valence-corrected chi connectivity index (χ1v) is 10.3. The summed E-state index contributed by atoms with van der Waals surface area (Å²) in [5.41, 5.74) is 1.85. The van der Waals surface area contributed by atoms with Crippen LogP contribution < -0.4 is 5.32 Å². The summed E-state index contributed by atoms with van der Waals surface area (Å²) < 4.78 is 0. The molecule has 6 nitrogen and oxygen atoms in total. The second-order valence-corrected chi connectivity index (χ2v) is 7.75. The van der Waals surface area contributed by atoms with Crippen molar-refractivity contribution >= 4 is 23.2 Å². The predicted octanol–water partition coefficient (Wildman–Crippen LogP) is 2.47.